The average Bonchev–Trinajstić information content (AvgIpc) is 2.60. The molecular formula is C20H25ClN4O3. The summed E-state index contributed by atoms with van der Waals surface area (Å²) < 4.78 is 5.50. The molecule has 1 saturated heterocycles. The van der Waals surface area contributed by atoms with Crippen LogP contribution in [0, 0.1) is 11.3 Å². The Hall–Kier alpha value is -2.20. The van der Waals surface area contributed by atoms with E-state index in [1.807, 2.05) is 20.8 Å². The Morgan fingerprint density at radius 1 is 1.36 bits per heavy atom. The highest BCUT2D eigenvalue weighted by atomic mass is 35.5. The highest BCUT2D eigenvalue weighted by Crippen LogP contribution is 2.37. The molecule has 7 nitrogen and oxygen atoms in total. The molecule has 1 fully saturated rings. The normalized spacial score (nSPS) is 22.4. The predicted octanol–water partition coefficient (Wildman–Crippen LogP) is 4.05. The molecule has 28 heavy (non-hydrogen) atoms. The van der Waals surface area contributed by atoms with E-state index in [0.717, 1.165) is 24.1 Å². The summed E-state index contributed by atoms with van der Waals surface area (Å²) in [6.07, 6.45) is 3.09. The van der Waals surface area contributed by atoms with E-state index < -0.39 is 11.7 Å². The molecule has 2 aliphatic rings. The number of aromatic nitrogens is 2. The number of carbonyl (C=O) groups is 2. The molecule has 8 heteroatoms. The lowest BCUT2D eigenvalue weighted by Gasteiger charge is -2.39. The zero-order valence-electron chi connectivity index (χ0n) is 16.5. The van der Waals surface area contributed by atoms with Gasteiger partial charge in [0.15, 0.2) is 5.78 Å². The van der Waals surface area contributed by atoms with Crippen molar-refractivity contribution in [3.63, 3.8) is 0 Å². The highest BCUT2D eigenvalue weighted by molar-refractivity contribution is 6.28. The molecule has 0 saturated carbocycles. The van der Waals surface area contributed by atoms with Crippen LogP contribution in [0.1, 0.15) is 80.5 Å². The molecular weight excluding hydrogens is 380 g/mol. The number of hydrogen-bond acceptors (Lipinski definition) is 6. The second kappa shape index (κ2) is 8.04. The van der Waals surface area contributed by atoms with Crippen molar-refractivity contribution in [1.82, 2.24) is 14.9 Å². The number of rotatable bonds is 2. The van der Waals surface area contributed by atoms with Crippen molar-refractivity contribution in [3.8, 4) is 6.07 Å². The van der Waals surface area contributed by atoms with Crippen LogP contribution in [0.5, 0.6) is 0 Å². The fourth-order valence-electron chi connectivity index (χ4n) is 3.99. The number of fused-ring (bicyclic) bond motifs is 1. The second-order valence-corrected chi connectivity index (χ2v) is 8.73. The number of piperidine rings is 1. The van der Waals surface area contributed by atoms with Crippen LogP contribution in [0.4, 0.5) is 4.79 Å². The number of likely N-dealkylation sites (tertiary alicyclic amines) is 1. The number of carbonyl (C=O) groups excluding carboxylic acids is 2. The number of nitriles is 1. The zero-order valence-corrected chi connectivity index (χ0v) is 17.3. The summed E-state index contributed by atoms with van der Waals surface area (Å²) in [6.45, 7) is 5.94. The standard InChI is InChI=1S/C20H25ClN4O3/c1-20(2,3)28-19(27)25-10-8-12(11-13(25)7-9-22)16-14-5-4-6-15(26)17(14)24-18(21)23-16/h12-13H,4-8,10-11H2,1-3H3/t12?,13-/m0/s1. The number of ether oxygens (including phenoxy) is 1. The van der Waals surface area contributed by atoms with Crippen LogP contribution >= 0.6 is 11.6 Å². The van der Waals surface area contributed by atoms with Crippen LogP contribution in [0.15, 0.2) is 0 Å². The van der Waals surface area contributed by atoms with Crippen molar-refractivity contribution >= 4 is 23.5 Å². The van der Waals surface area contributed by atoms with Crippen molar-refractivity contribution in [1.29, 1.82) is 5.26 Å². The molecule has 1 amide bonds. The van der Waals surface area contributed by atoms with Gasteiger partial charge in [-0.1, -0.05) is 0 Å². The Bertz CT molecular complexity index is 828. The number of ketones is 1. The van der Waals surface area contributed by atoms with Crippen molar-refractivity contribution in [2.24, 2.45) is 0 Å². The van der Waals surface area contributed by atoms with Crippen molar-refractivity contribution in [3.05, 3.63) is 22.2 Å². The second-order valence-electron chi connectivity index (χ2n) is 8.39. The Morgan fingerprint density at radius 2 is 2.11 bits per heavy atom. The molecule has 1 aromatic heterocycles. The van der Waals surface area contributed by atoms with Crippen LogP contribution in [0.3, 0.4) is 0 Å². The average molecular weight is 405 g/mol. The maximum absolute atomic E-state index is 12.6. The van der Waals surface area contributed by atoms with Gasteiger partial charge in [-0.25, -0.2) is 14.8 Å². The monoisotopic (exact) mass is 404 g/mol. The van der Waals surface area contributed by atoms with E-state index in [-0.39, 0.29) is 29.4 Å². The third-order valence-corrected chi connectivity index (χ3v) is 5.33. The highest BCUT2D eigenvalue weighted by Gasteiger charge is 2.37. The quantitative estimate of drug-likeness (QED) is 0.690. The Labute approximate surface area is 170 Å². The Balaban J connectivity index is 1.86. The van der Waals surface area contributed by atoms with E-state index in [0.29, 0.717) is 31.5 Å². The predicted molar refractivity (Wildman–Crippen MR) is 103 cm³/mol. The van der Waals surface area contributed by atoms with Gasteiger partial charge in [0.25, 0.3) is 0 Å². The molecule has 1 aliphatic carbocycles. The van der Waals surface area contributed by atoms with Crippen LogP contribution in [-0.4, -0.2) is 44.9 Å². The number of hydrogen-bond donors (Lipinski definition) is 0. The van der Waals surface area contributed by atoms with Crippen molar-refractivity contribution < 1.29 is 14.3 Å². The van der Waals surface area contributed by atoms with Crippen LogP contribution in [-0.2, 0) is 11.2 Å². The lowest BCUT2D eigenvalue weighted by atomic mass is 9.82. The molecule has 0 spiro atoms. The van der Waals surface area contributed by atoms with Gasteiger partial charge in [0.05, 0.1) is 18.2 Å². The van der Waals surface area contributed by atoms with E-state index in [1.54, 1.807) is 4.90 Å². The molecule has 150 valence electrons. The van der Waals surface area contributed by atoms with Gasteiger partial charge in [0.1, 0.15) is 11.3 Å². The zero-order chi connectivity index (χ0) is 20.5. The molecule has 2 atom stereocenters. The van der Waals surface area contributed by atoms with Gasteiger partial charge in [-0.3, -0.25) is 4.79 Å². The first-order chi connectivity index (χ1) is 13.2. The van der Waals surface area contributed by atoms with Gasteiger partial charge in [-0.15, -0.1) is 0 Å². The van der Waals surface area contributed by atoms with E-state index in [4.69, 9.17) is 16.3 Å². The lowest BCUT2D eigenvalue weighted by Crippen LogP contribution is -2.47. The fraction of sp³-hybridized carbons (Fsp3) is 0.650. The largest absolute Gasteiger partial charge is 0.444 e. The topological polar surface area (TPSA) is 96.2 Å². The first-order valence-corrected chi connectivity index (χ1v) is 10.0. The first-order valence-electron chi connectivity index (χ1n) is 9.65. The molecule has 2 heterocycles. The molecule has 1 aliphatic heterocycles. The summed E-state index contributed by atoms with van der Waals surface area (Å²) in [5.74, 6) is 0.0313. The molecule has 0 aromatic carbocycles. The number of amides is 1. The van der Waals surface area contributed by atoms with Crippen molar-refractivity contribution in [2.75, 3.05) is 6.54 Å². The lowest BCUT2D eigenvalue weighted by molar-refractivity contribution is 0.00847. The van der Waals surface area contributed by atoms with Crippen LogP contribution in [0.2, 0.25) is 5.28 Å². The van der Waals surface area contributed by atoms with Gasteiger partial charge in [-0.05, 0) is 58.1 Å². The Kier molecular flexibility index (Phi) is 5.90. The number of Topliss-reactive ketones (excluding diaryl/α,β-unsaturated/α-hetero) is 1. The maximum Gasteiger partial charge on any atom is 0.410 e. The third-order valence-electron chi connectivity index (χ3n) is 5.16. The smallest absolute Gasteiger partial charge is 0.410 e. The van der Waals surface area contributed by atoms with Crippen LogP contribution in [0.25, 0.3) is 0 Å². The van der Waals surface area contributed by atoms with Gasteiger partial charge in [0, 0.05) is 30.5 Å². The maximum atomic E-state index is 12.6. The van der Waals surface area contributed by atoms with Crippen LogP contribution < -0.4 is 0 Å². The van der Waals surface area contributed by atoms with Gasteiger partial charge < -0.3 is 9.64 Å². The van der Waals surface area contributed by atoms with E-state index in [2.05, 4.69) is 16.0 Å². The first kappa shape index (κ1) is 20.5. The molecule has 1 unspecified atom stereocenters. The van der Waals surface area contributed by atoms with E-state index in [9.17, 15) is 14.9 Å². The summed E-state index contributed by atoms with van der Waals surface area (Å²) in [6, 6.07) is 1.91. The summed E-state index contributed by atoms with van der Waals surface area (Å²) >= 11 is 6.10. The van der Waals surface area contributed by atoms with Gasteiger partial charge >= 0.3 is 6.09 Å². The van der Waals surface area contributed by atoms with Crippen molar-refractivity contribution in [2.45, 2.75) is 76.9 Å². The fourth-order valence-corrected chi connectivity index (χ4v) is 4.17. The summed E-state index contributed by atoms with van der Waals surface area (Å²) in [7, 11) is 0. The minimum Gasteiger partial charge on any atom is -0.444 e. The Morgan fingerprint density at radius 3 is 2.79 bits per heavy atom. The number of nitrogens with zero attached hydrogens (tertiary/aromatic N) is 4. The molecule has 1 aromatic rings. The SMILES string of the molecule is CC(C)(C)OC(=O)N1CCC(c2nc(Cl)nc3c2CCCC3=O)C[C@@H]1CC#N. The number of halogens is 1. The molecule has 0 bridgehead atoms. The minimum absolute atomic E-state index is 0.00608. The molecule has 0 radical (unpaired) electrons. The summed E-state index contributed by atoms with van der Waals surface area (Å²) in [5.41, 5.74) is 1.53. The van der Waals surface area contributed by atoms with E-state index >= 15 is 0 Å². The summed E-state index contributed by atoms with van der Waals surface area (Å²) in [5, 5.41) is 9.34. The third kappa shape index (κ3) is 4.44. The summed E-state index contributed by atoms with van der Waals surface area (Å²) in [4.78, 5) is 35.1. The minimum atomic E-state index is -0.593. The molecule has 3 rings (SSSR count). The van der Waals surface area contributed by atoms with Gasteiger partial charge in [0.2, 0.25) is 5.28 Å². The van der Waals surface area contributed by atoms with E-state index in [1.165, 1.54) is 0 Å². The molecule has 0 N–H and O–H groups in total. The van der Waals surface area contributed by atoms with Gasteiger partial charge in [-0.2, -0.15) is 5.26 Å².